The molecule has 1 unspecified atom stereocenters. The Hall–Kier alpha value is -2.37. The Kier molecular flexibility index (Phi) is 4.68. The lowest BCUT2D eigenvalue weighted by atomic mass is 9.48. The predicted molar refractivity (Wildman–Crippen MR) is 107 cm³/mol. The van der Waals surface area contributed by atoms with E-state index >= 15 is 0 Å². The molecule has 1 atom stereocenters. The molecule has 4 aliphatic carbocycles. The van der Waals surface area contributed by atoms with E-state index in [0.29, 0.717) is 11.4 Å². The van der Waals surface area contributed by atoms with Crippen molar-refractivity contribution in [3.8, 4) is 0 Å². The average molecular weight is 383 g/mol. The fourth-order valence-corrected chi connectivity index (χ4v) is 6.29. The van der Waals surface area contributed by atoms with Crippen LogP contribution < -0.4 is 16.0 Å². The van der Waals surface area contributed by atoms with Crippen molar-refractivity contribution in [2.24, 2.45) is 23.2 Å². The van der Waals surface area contributed by atoms with Gasteiger partial charge in [-0.3, -0.25) is 14.4 Å². The van der Waals surface area contributed by atoms with Gasteiger partial charge in [0.25, 0.3) is 0 Å². The third-order valence-corrected chi connectivity index (χ3v) is 7.22. The van der Waals surface area contributed by atoms with Gasteiger partial charge in [-0.25, -0.2) is 4.90 Å². The van der Waals surface area contributed by atoms with Crippen LogP contribution >= 0.6 is 0 Å². The Morgan fingerprint density at radius 3 is 2.00 bits per heavy atom. The summed E-state index contributed by atoms with van der Waals surface area (Å²) in [6.45, 7) is 3.31. The molecular weight excluding hydrogens is 354 g/mol. The number of nitrogens with two attached hydrogens (primary N) is 1. The molecular formula is C22H29N3O3. The van der Waals surface area contributed by atoms with Gasteiger partial charge in [-0.1, -0.05) is 0 Å². The normalized spacial score (nSPS) is 31.3. The van der Waals surface area contributed by atoms with Crippen LogP contribution in [0.3, 0.4) is 0 Å². The van der Waals surface area contributed by atoms with Crippen LogP contribution in [0.4, 0.5) is 11.4 Å². The van der Waals surface area contributed by atoms with Gasteiger partial charge < -0.3 is 11.1 Å². The maximum Gasteiger partial charge on any atom is 0.323 e. The van der Waals surface area contributed by atoms with Crippen LogP contribution in [0.5, 0.6) is 0 Å². The van der Waals surface area contributed by atoms with Crippen molar-refractivity contribution >= 4 is 29.1 Å². The van der Waals surface area contributed by atoms with Gasteiger partial charge in [0.15, 0.2) is 0 Å². The Labute approximate surface area is 165 Å². The zero-order valence-corrected chi connectivity index (χ0v) is 16.6. The lowest BCUT2D eigenvalue weighted by molar-refractivity contribution is -0.141. The second kappa shape index (κ2) is 6.90. The quantitative estimate of drug-likeness (QED) is 0.620. The molecule has 28 heavy (non-hydrogen) atoms. The molecule has 150 valence electrons. The van der Waals surface area contributed by atoms with E-state index in [1.54, 1.807) is 24.3 Å². The maximum absolute atomic E-state index is 12.8. The second-order valence-corrected chi connectivity index (χ2v) is 9.23. The smallest absolute Gasteiger partial charge is 0.323 e. The Bertz CT molecular complexity index is 766. The zero-order valence-electron chi connectivity index (χ0n) is 16.6. The highest BCUT2D eigenvalue weighted by molar-refractivity contribution is 6.45. The summed E-state index contributed by atoms with van der Waals surface area (Å²) in [4.78, 5) is 38.5. The second-order valence-electron chi connectivity index (χ2n) is 9.23. The van der Waals surface area contributed by atoms with Gasteiger partial charge in [0.05, 0.1) is 5.69 Å². The summed E-state index contributed by atoms with van der Waals surface area (Å²) in [5.74, 6) is 0.260. The van der Waals surface area contributed by atoms with E-state index in [9.17, 15) is 14.4 Å². The van der Waals surface area contributed by atoms with E-state index in [1.807, 2.05) is 6.92 Å². The molecule has 0 heterocycles. The number of carbonyl (C=O) groups is 3. The van der Waals surface area contributed by atoms with Crippen LogP contribution in [-0.4, -0.2) is 23.8 Å². The number of hydrogen-bond donors (Lipinski definition) is 2. The third-order valence-electron chi connectivity index (χ3n) is 7.22. The molecule has 0 aliphatic heterocycles. The summed E-state index contributed by atoms with van der Waals surface area (Å²) >= 11 is 0. The fourth-order valence-electron chi connectivity index (χ4n) is 6.29. The van der Waals surface area contributed by atoms with Crippen LogP contribution in [0.25, 0.3) is 0 Å². The number of amides is 3. The number of imide groups is 1. The van der Waals surface area contributed by atoms with Crippen LogP contribution in [0.2, 0.25) is 0 Å². The zero-order chi connectivity index (χ0) is 20.1. The molecule has 5 rings (SSSR count). The standard InChI is InChI=1S/C22H29N3O3/c1-13(22-10-15-7-16(11-22)9-17(8-15)12-22)24-20(27)21(28)25(14(2)26)19-5-3-18(23)4-6-19/h3-6,13,15-17H,7-12,23H2,1-2H3,(H,24,27). The van der Waals surface area contributed by atoms with E-state index in [-0.39, 0.29) is 11.5 Å². The van der Waals surface area contributed by atoms with Gasteiger partial charge in [-0.15, -0.1) is 0 Å². The van der Waals surface area contributed by atoms with Crippen molar-refractivity contribution in [3.05, 3.63) is 24.3 Å². The van der Waals surface area contributed by atoms with Crippen molar-refractivity contribution in [1.82, 2.24) is 5.32 Å². The van der Waals surface area contributed by atoms with Gasteiger partial charge in [0.1, 0.15) is 0 Å². The first-order valence-electron chi connectivity index (χ1n) is 10.3. The van der Waals surface area contributed by atoms with E-state index in [1.165, 1.54) is 26.2 Å². The molecule has 6 nitrogen and oxygen atoms in total. The van der Waals surface area contributed by atoms with Crippen molar-refractivity contribution in [1.29, 1.82) is 0 Å². The van der Waals surface area contributed by atoms with Crippen LogP contribution in [0, 0.1) is 23.2 Å². The fraction of sp³-hybridized carbons (Fsp3) is 0.591. The van der Waals surface area contributed by atoms with Crippen LogP contribution in [-0.2, 0) is 14.4 Å². The molecule has 1 aromatic rings. The minimum atomic E-state index is -0.839. The first-order chi connectivity index (χ1) is 13.3. The highest BCUT2D eigenvalue weighted by Gasteiger charge is 2.53. The minimum absolute atomic E-state index is 0.0717. The number of nitrogens with zero attached hydrogens (tertiary/aromatic N) is 1. The summed E-state index contributed by atoms with van der Waals surface area (Å²) in [6.07, 6.45) is 7.41. The molecule has 1 aromatic carbocycles. The number of anilines is 2. The summed E-state index contributed by atoms with van der Waals surface area (Å²) < 4.78 is 0. The van der Waals surface area contributed by atoms with E-state index in [0.717, 1.165) is 41.9 Å². The monoisotopic (exact) mass is 383 g/mol. The number of benzene rings is 1. The number of nitrogens with one attached hydrogen (secondary N) is 1. The van der Waals surface area contributed by atoms with Crippen molar-refractivity contribution in [2.45, 2.75) is 58.4 Å². The molecule has 4 bridgehead atoms. The number of nitrogen functional groups attached to an aromatic ring is 1. The van der Waals surface area contributed by atoms with Crippen LogP contribution in [0.1, 0.15) is 52.4 Å². The lowest BCUT2D eigenvalue weighted by Gasteiger charge is -2.59. The SMILES string of the molecule is CC(=O)N(C(=O)C(=O)NC(C)C12CC3CC(CC(C3)C1)C2)c1ccc(N)cc1. The molecule has 0 radical (unpaired) electrons. The Balaban J connectivity index is 1.48. The third kappa shape index (κ3) is 3.29. The highest BCUT2D eigenvalue weighted by atomic mass is 16.2. The maximum atomic E-state index is 12.8. The van der Waals surface area contributed by atoms with Gasteiger partial charge in [0.2, 0.25) is 5.91 Å². The molecule has 4 aliphatic rings. The minimum Gasteiger partial charge on any atom is -0.399 e. The summed E-state index contributed by atoms with van der Waals surface area (Å²) in [7, 11) is 0. The topological polar surface area (TPSA) is 92.5 Å². The van der Waals surface area contributed by atoms with Crippen molar-refractivity contribution < 1.29 is 14.4 Å². The summed E-state index contributed by atoms with van der Waals surface area (Å²) in [6, 6.07) is 6.29. The molecule has 3 N–H and O–H groups in total. The molecule has 0 saturated heterocycles. The first kappa shape index (κ1) is 19.0. The van der Waals surface area contributed by atoms with Gasteiger partial charge >= 0.3 is 11.8 Å². The molecule has 0 aromatic heterocycles. The average Bonchev–Trinajstić information content (AvgIpc) is 2.62. The molecule has 4 saturated carbocycles. The summed E-state index contributed by atoms with van der Waals surface area (Å²) in [5.41, 5.74) is 6.66. The highest BCUT2D eigenvalue weighted by Crippen LogP contribution is 2.61. The van der Waals surface area contributed by atoms with Crippen molar-refractivity contribution in [3.63, 3.8) is 0 Å². The van der Waals surface area contributed by atoms with E-state index in [2.05, 4.69) is 5.32 Å². The molecule has 0 spiro atoms. The van der Waals surface area contributed by atoms with E-state index in [4.69, 9.17) is 5.73 Å². The van der Waals surface area contributed by atoms with Gasteiger partial charge in [-0.05, 0) is 92.9 Å². The van der Waals surface area contributed by atoms with Gasteiger partial charge in [-0.2, -0.15) is 0 Å². The molecule has 4 fully saturated rings. The lowest BCUT2D eigenvalue weighted by Crippen LogP contribution is -2.58. The number of carbonyl (C=O) groups excluding carboxylic acids is 3. The van der Waals surface area contributed by atoms with Crippen molar-refractivity contribution in [2.75, 3.05) is 10.6 Å². The number of hydrogen-bond acceptors (Lipinski definition) is 4. The predicted octanol–water partition coefficient (Wildman–Crippen LogP) is 2.87. The largest absolute Gasteiger partial charge is 0.399 e. The Morgan fingerprint density at radius 1 is 1.04 bits per heavy atom. The molecule has 6 heteroatoms. The van der Waals surface area contributed by atoms with Gasteiger partial charge in [0, 0.05) is 18.7 Å². The molecule has 3 amide bonds. The Morgan fingerprint density at radius 2 is 1.54 bits per heavy atom. The summed E-state index contributed by atoms with van der Waals surface area (Å²) in [5, 5.41) is 2.95. The first-order valence-corrected chi connectivity index (χ1v) is 10.3. The van der Waals surface area contributed by atoms with E-state index < -0.39 is 17.7 Å². The number of rotatable bonds is 3. The van der Waals surface area contributed by atoms with Crippen LogP contribution in [0.15, 0.2) is 24.3 Å².